The van der Waals surface area contributed by atoms with Crippen LogP contribution in [0.25, 0.3) is 0 Å². The van der Waals surface area contributed by atoms with E-state index in [2.05, 4.69) is 11.9 Å². The molecule has 3 fully saturated rings. The van der Waals surface area contributed by atoms with E-state index in [1.165, 1.54) is 0 Å². The highest BCUT2D eigenvalue weighted by atomic mass is 16.5. The average Bonchev–Trinajstić information content (AvgIpc) is 2.79. The average molecular weight is 207 g/mol. The Morgan fingerprint density at radius 3 is 3.07 bits per heavy atom. The lowest BCUT2D eigenvalue weighted by Crippen LogP contribution is -2.40. The summed E-state index contributed by atoms with van der Waals surface area (Å²) in [6.45, 7) is 3.70. The lowest BCUT2D eigenvalue weighted by molar-refractivity contribution is -0.131. The summed E-state index contributed by atoms with van der Waals surface area (Å²) in [5.41, 5.74) is -0.437. The molecule has 0 saturated carbocycles. The summed E-state index contributed by atoms with van der Waals surface area (Å²) in [7, 11) is 0. The molecule has 4 nitrogen and oxygen atoms in total. The van der Waals surface area contributed by atoms with Gasteiger partial charge in [0.05, 0.1) is 23.5 Å². The Balaban J connectivity index is 2.02. The third-order valence-electron chi connectivity index (χ3n) is 3.89. The first-order chi connectivity index (χ1) is 7.18. The number of imide groups is 1. The molecule has 3 rings (SSSR count). The molecule has 3 saturated heterocycles. The van der Waals surface area contributed by atoms with Crippen molar-refractivity contribution in [3.63, 3.8) is 0 Å². The first-order valence-corrected chi connectivity index (χ1v) is 5.31. The van der Waals surface area contributed by atoms with Crippen molar-refractivity contribution >= 4 is 11.8 Å². The summed E-state index contributed by atoms with van der Waals surface area (Å²) in [5.74, 6) is -0.831. The second-order valence-corrected chi connectivity index (χ2v) is 4.61. The molecule has 0 aliphatic carbocycles. The van der Waals surface area contributed by atoms with Gasteiger partial charge in [-0.2, -0.15) is 0 Å². The van der Waals surface area contributed by atoms with E-state index < -0.39 is 5.60 Å². The van der Waals surface area contributed by atoms with Crippen LogP contribution in [-0.2, 0) is 14.3 Å². The summed E-state index contributed by atoms with van der Waals surface area (Å²) >= 11 is 0. The molecule has 0 radical (unpaired) electrons. The summed E-state index contributed by atoms with van der Waals surface area (Å²) in [6.07, 6.45) is 4.13. The van der Waals surface area contributed by atoms with Gasteiger partial charge in [-0.15, -0.1) is 6.58 Å². The number of hydrogen-bond donors (Lipinski definition) is 1. The Hall–Kier alpha value is -1.16. The van der Waals surface area contributed by atoms with Gasteiger partial charge in [0.2, 0.25) is 11.8 Å². The Labute approximate surface area is 87.7 Å². The molecule has 2 bridgehead atoms. The molecule has 0 aromatic heterocycles. The molecule has 4 atom stereocenters. The molecule has 3 aliphatic heterocycles. The van der Waals surface area contributed by atoms with Gasteiger partial charge in [0.1, 0.15) is 0 Å². The lowest BCUT2D eigenvalue weighted by Gasteiger charge is -2.29. The number of carbonyl (C=O) groups excluding carboxylic acids is 2. The molecule has 4 unspecified atom stereocenters. The van der Waals surface area contributed by atoms with Crippen LogP contribution < -0.4 is 5.32 Å². The number of hydrogen-bond acceptors (Lipinski definition) is 3. The van der Waals surface area contributed by atoms with Gasteiger partial charge in [0, 0.05) is 0 Å². The van der Waals surface area contributed by atoms with Crippen molar-refractivity contribution in [1.82, 2.24) is 5.32 Å². The van der Waals surface area contributed by atoms with E-state index in [-0.39, 0.29) is 29.8 Å². The van der Waals surface area contributed by atoms with Gasteiger partial charge in [-0.05, 0) is 19.3 Å². The number of fused-ring (bicyclic) bond motifs is 5. The molecule has 0 spiro atoms. The van der Waals surface area contributed by atoms with Crippen LogP contribution in [0, 0.1) is 11.8 Å². The van der Waals surface area contributed by atoms with Gasteiger partial charge >= 0.3 is 0 Å². The predicted octanol–water partition coefficient (Wildman–Crippen LogP) is 0.383. The standard InChI is InChI=1S/C11H13NO3/c1-2-4-11-5-3-6(15-11)7-8(11)10(14)12-9(7)13/h2,6-8H,1,3-5H2,(H,12,13,14). The quantitative estimate of drug-likeness (QED) is 0.526. The molecule has 3 aliphatic rings. The number of nitrogens with one attached hydrogen (secondary N) is 1. The number of rotatable bonds is 2. The van der Waals surface area contributed by atoms with E-state index in [1.54, 1.807) is 6.08 Å². The Morgan fingerprint density at radius 2 is 2.33 bits per heavy atom. The zero-order valence-corrected chi connectivity index (χ0v) is 8.36. The Bertz CT molecular complexity index is 365. The first-order valence-electron chi connectivity index (χ1n) is 5.31. The third-order valence-corrected chi connectivity index (χ3v) is 3.89. The molecule has 15 heavy (non-hydrogen) atoms. The monoisotopic (exact) mass is 207 g/mol. The maximum Gasteiger partial charge on any atom is 0.233 e. The molecule has 80 valence electrons. The summed E-state index contributed by atoms with van der Waals surface area (Å²) in [4.78, 5) is 23.3. The molecule has 0 aromatic carbocycles. The van der Waals surface area contributed by atoms with Gasteiger partial charge < -0.3 is 4.74 Å². The topological polar surface area (TPSA) is 55.4 Å². The van der Waals surface area contributed by atoms with Crippen LogP contribution in [0.4, 0.5) is 0 Å². The van der Waals surface area contributed by atoms with Gasteiger partial charge in [0.25, 0.3) is 0 Å². The molecule has 4 heteroatoms. The molecule has 0 aromatic rings. The molecule has 1 N–H and O–H groups in total. The van der Waals surface area contributed by atoms with Crippen molar-refractivity contribution in [2.75, 3.05) is 0 Å². The van der Waals surface area contributed by atoms with E-state index in [1.807, 2.05) is 0 Å². The van der Waals surface area contributed by atoms with Crippen LogP contribution in [0.5, 0.6) is 0 Å². The minimum Gasteiger partial charge on any atom is -0.370 e. The number of ether oxygens (including phenoxy) is 1. The third kappa shape index (κ3) is 0.951. The minimum atomic E-state index is -0.437. The number of carbonyl (C=O) groups is 2. The smallest absolute Gasteiger partial charge is 0.233 e. The van der Waals surface area contributed by atoms with Crippen LogP contribution >= 0.6 is 0 Å². The lowest BCUT2D eigenvalue weighted by atomic mass is 9.71. The van der Waals surface area contributed by atoms with Crippen LogP contribution in [0.3, 0.4) is 0 Å². The SMILES string of the molecule is C=CCC12CCC(O1)C1C(=O)NC(=O)C12. The highest BCUT2D eigenvalue weighted by molar-refractivity contribution is 6.06. The zero-order valence-electron chi connectivity index (χ0n) is 8.36. The summed E-state index contributed by atoms with van der Waals surface area (Å²) in [6, 6.07) is 0. The van der Waals surface area contributed by atoms with E-state index in [0.29, 0.717) is 6.42 Å². The molecule has 2 amide bonds. The van der Waals surface area contributed by atoms with Gasteiger partial charge in [-0.3, -0.25) is 14.9 Å². The largest absolute Gasteiger partial charge is 0.370 e. The van der Waals surface area contributed by atoms with E-state index >= 15 is 0 Å². The van der Waals surface area contributed by atoms with Gasteiger partial charge in [-0.1, -0.05) is 6.08 Å². The van der Waals surface area contributed by atoms with Crippen molar-refractivity contribution < 1.29 is 14.3 Å². The highest BCUT2D eigenvalue weighted by Gasteiger charge is 2.66. The van der Waals surface area contributed by atoms with Crippen molar-refractivity contribution in [2.45, 2.75) is 31.0 Å². The van der Waals surface area contributed by atoms with E-state index in [4.69, 9.17) is 4.74 Å². The van der Waals surface area contributed by atoms with Crippen molar-refractivity contribution in [2.24, 2.45) is 11.8 Å². The maximum absolute atomic E-state index is 11.7. The second kappa shape index (κ2) is 2.70. The fourth-order valence-corrected chi connectivity index (χ4v) is 3.36. The molecule has 3 heterocycles. The summed E-state index contributed by atoms with van der Waals surface area (Å²) < 4.78 is 5.86. The number of amides is 2. The zero-order chi connectivity index (χ0) is 10.6. The van der Waals surface area contributed by atoms with Crippen LogP contribution in [0.1, 0.15) is 19.3 Å². The fourth-order valence-electron chi connectivity index (χ4n) is 3.36. The Morgan fingerprint density at radius 1 is 1.53 bits per heavy atom. The van der Waals surface area contributed by atoms with Crippen molar-refractivity contribution in [1.29, 1.82) is 0 Å². The van der Waals surface area contributed by atoms with Crippen LogP contribution in [-0.4, -0.2) is 23.5 Å². The minimum absolute atomic E-state index is 0.0543. The molecular weight excluding hydrogens is 194 g/mol. The maximum atomic E-state index is 11.7. The second-order valence-electron chi connectivity index (χ2n) is 4.61. The fraction of sp³-hybridized carbons (Fsp3) is 0.636. The van der Waals surface area contributed by atoms with Gasteiger partial charge in [-0.25, -0.2) is 0 Å². The molecular formula is C11H13NO3. The van der Waals surface area contributed by atoms with E-state index in [0.717, 1.165) is 12.8 Å². The normalized spacial score (nSPS) is 46.8. The summed E-state index contributed by atoms with van der Waals surface area (Å²) in [5, 5.41) is 2.41. The van der Waals surface area contributed by atoms with E-state index in [9.17, 15) is 9.59 Å². The highest BCUT2D eigenvalue weighted by Crippen LogP contribution is 2.54. The van der Waals surface area contributed by atoms with Gasteiger partial charge in [0.15, 0.2) is 0 Å². The first kappa shape index (κ1) is 9.09. The van der Waals surface area contributed by atoms with Crippen LogP contribution in [0.15, 0.2) is 12.7 Å². The van der Waals surface area contributed by atoms with Crippen LogP contribution in [0.2, 0.25) is 0 Å². The Kier molecular flexibility index (Phi) is 1.63. The van der Waals surface area contributed by atoms with Crippen molar-refractivity contribution in [3.8, 4) is 0 Å². The predicted molar refractivity (Wildman–Crippen MR) is 51.8 cm³/mol. The van der Waals surface area contributed by atoms with Crippen molar-refractivity contribution in [3.05, 3.63) is 12.7 Å².